The molecule has 3 aromatic heterocycles. The number of aromatic nitrogens is 5. The van der Waals surface area contributed by atoms with Crippen molar-refractivity contribution in [2.45, 2.75) is 6.42 Å². The molecule has 0 spiro atoms. The fourth-order valence-electron chi connectivity index (χ4n) is 2.90. The summed E-state index contributed by atoms with van der Waals surface area (Å²) in [5.74, 6) is 0.520. The summed E-state index contributed by atoms with van der Waals surface area (Å²) in [6.45, 7) is 3.23. The number of nitrogens with zero attached hydrogens (tertiary/aromatic N) is 6. The van der Waals surface area contributed by atoms with Crippen molar-refractivity contribution in [3.63, 3.8) is 0 Å². The van der Waals surface area contributed by atoms with Gasteiger partial charge in [-0.2, -0.15) is 5.10 Å². The molecule has 132 valence electrons. The van der Waals surface area contributed by atoms with Gasteiger partial charge in [-0.1, -0.05) is 0 Å². The van der Waals surface area contributed by atoms with Crippen LogP contribution in [0, 0.1) is 0 Å². The van der Waals surface area contributed by atoms with Gasteiger partial charge in [0.05, 0.1) is 23.0 Å². The molecule has 0 aromatic carbocycles. The molecule has 1 aliphatic heterocycles. The Hall–Kier alpha value is -3.13. The summed E-state index contributed by atoms with van der Waals surface area (Å²) in [5, 5.41) is 7.62. The maximum absolute atomic E-state index is 12.6. The van der Waals surface area contributed by atoms with Gasteiger partial charge in [-0.05, 0) is 25.1 Å². The molecule has 1 N–H and O–H groups in total. The first-order chi connectivity index (χ1) is 12.8. The fraction of sp³-hybridized carbons (Fsp3) is 0.278. The zero-order valence-electron chi connectivity index (χ0n) is 14.2. The third-order valence-electron chi connectivity index (χ3n) is 4.29. The highest BCUT2D eigenvalue weighted by Gasteiger charge is 2.18. The standard InChI is InChI=1S/C18H19N7O/c26-18(24-8-1-4-19-7-9-24)14-10-21-17(22-11-14)15-12-23-25(13-15)16-2-5-20-6-3-16/h2-3,5-6,10-13,19H,1,4,7-9H2. The maximum Gasteiger partial charge on any atom is 0.257 e. The van der Waals surface area contributed by atoms with E-state index in [1.807, 2.05) is 23.2 Å². The molecule has 0 unspecified atom stereocenters. The Morgan fingerprint density at radius 1 is 1.04 bits per heavy atom. The van der Waals surface area contributed by atoms with E-state index in [2.05, 4.69) is 25.4 Å². The van der Waals surface area contributed by atoms with Gasteiger partial charge in [-0.15, -0.1) is 0 Å². The summed E-state index contributed by atoms with van der Waals surface area (Å²) in [6.07, 6.45) is 11.1. The van der Waals surface area contributed by atoms with Crippen LogP contribution in [0.2, 0.25) is 0 Å². The molecular weight excluding hydrogens is 330 g/mol. The van der Waals surface area contributed by atoms with E-state index in [0.29, 0.717) is 17.9 Å². The van der Waals surface area contributed by atoms with E-state index >= 15 is 0 Å². The number of hydrogen-bond donors (Lipinski definition) is 1. The van der Waals surface area contributed by atoms with Gasteiger partial charge in [0, 0.05) is 50.6 Å². The van der Waals surface area contributed by atoms with Crippen LogP contribution in [0.4, 0.5) is 0 Å². The van der Waals surface area contributed by atoms with E-state index in [4.69, 9.17) is 0 Å². The summed E-state index contributed by atoms with van der Waals surface area (Å²) in [5.41, 5.74) is 2.21. The number of hydrogen-bond acceptors (Lipinski definition) is 6. The quantitative estimate of drug-likeness (QED) is 0.763. The minimum atomic E-state index is -0.0206. The minimum absolute atomic E-state index is 0.0206. The Bertz CT molecular complexity index is 868. The Morgan fingerprint density at radius 3 is 2.65 bits per heavy atom. The van der Waals surface area contributed by atoms with Crippen LogP contribution in [0.1, 0.15) is 16.8 Å². The van der Waals surface area contributed by atoms with Crippen molar-refractivity contribution in [2.24, 2.45) is 0 Å². The molecule has 0 aliphatic carbocycles. The summed E-state index contributed by atoms with van der Waals surface area (Å²) in [4.78, 5) is 27.1. The van der Waals surface area contributed by atoms with E-state index in [9.17, 15) is 4.79 Å². The van der Waals surface area contributed by atoms with Crippen LogP contribution in [0.3, 0.4) is 0 Å². The number of carbonyl (C=O) groups excluding carboxylic acids is 1. The van der Waals surface area contributed by atoms with Crippen molar-refractivity contribution >= 4 is 5.91 Å². The second-order valence-corrected chi connectivity index (χ2v) is 6.07. The van der Waals surface area contributed by atoms with Gasteiger partial charge in [-0.3, -0.25) is 9.78 Å². The highest BCUT2D eigenvalue weighted by Crippen LogP contribution is 2.16. The molecule has 1 aliphatic rings. The molecule has 4 heterocycles. The summed E-state index contributed by atoms with van der Waals surface area (Å²) in [6, 6.07) is 3.74. The molecule has 1 saturated heterocycles. The molecule has 0 saturated carbocycles. The second-order valence-electron chi connectivity index (χ2n) is 6.07. The zero-order valence-corrected chi connectivity index (χ0v) is 14.2. The predicted molar refractivity (Wildman–Crippen MR) is 95.8 cm³/mol. The maximum atomic E-state index is 12.6. The lowest BCUT2D eigenvalue weighted by molar-refractivity contribution is 0.0765. The average molecular weight is 349 g/mol. The summed E-state index contributed by atoms with van der Waals surface area (Å²) in [7, 11) is 0. The van der Waals surface area contributed by atoms with Crippen LogP contribution in [0.5, 0.6) is 0 Å². The lowest BCUT2D eigenvalue weighted by Crippen LogP contribution is -2.34. The van der Waals surface area contributed by atoms with Crippen LogP contribution in [0.15, 0.2) is 49.3 Å². The average Bonchev–Trinajstić information content (AvgIpc) is 3.04. The third kappa shape index (κ3) is 3.45. The Labute approximate surface area is 150 Å². The van der Waals surface area contributed by atoms with Gasteiger partial charge in [0.1, 0.15) is 0 Å². The van der Waals surface area contributed by atoms with Crippen molar-refractivity contribution in [2.75, 3.05) is 26.2 Å². The topological polar surface area (TPSA) is 88.8 Å². The smallest absolute Gasteiger partial charge is 0.257 e. The molecule has 4 rings (SSSR count). The van der Waals surface area contributed by atoms with Gasteiger partial charge in [0.2, 0.25) is 0 Å². The lowest BCUT2D eigenvalue weighted by Gasteiger charge is -2.19. The predicted octanol–water partition coefficient (Wildman–Crippen LogP) is 1.16. The van der Waals surface area contributed by atoms with Gasteiger partial charge >= 0.3 is 0 Å². The number of amides is 1. The van der Waals surface area contributed by atoms with E-state index < -0.39 is 0 Å². The van der Waals surface area contributed by atoms with E-state index in [-0.39, 0.29) is 5.91 Å². The molecule has 1 fully saturated rings. The van der Waals surface area contributed by atoms with Crippen LogP contribution < -0.4 is 5.32 Å². The number of carbonyl (C=O) groups is 1. The first-order valence-corrected chi connectivity index (χ1v) is 8.59. The zero-order chi connectivity index (χ0) is 17.8. The SMILES string of the molecule is O=C(c1cnc(-c2cnn(-c3ccncc3)c2)nc1)N1CCCNCC1. The van der Waals surface area contributed by atoms with Crippen molar-refractivity contribution in [3.05, 3.63) is 54.9 Å². The van der Waals surface area contributed by atoms with Crippen LogP contribution in [0.25, 0.3) is 17.1 Å². The highest BCUT2D eigenvalue weighted by atomic mass is 16.2. The van der Waals surface area contributed by atoms with Gasteiger partial charge in [0.25, 0.3) is 5.91 Å². The highest BCUT2D eigenvalue weighted by molar-refractivity contribution is 5.93. The van der Waals surface area contributed by atoms with E-state index in [0.717, 1.165) is 37.3 Å². The molecule has 8 heteroatoms. The first kappa shape index (κ1) is 16.3. The summed E-state index contributed by atoms with van der Waals surface area (Å²) >= 11 is 0. The molecule has 0 radical (unpaired) electrons. The fourth-order valence-corrected chi connectivity index (χ4v) is 2.90. The van der Waals surface area contributed by atoms with Gasteiger partial charge < -0.3 is 10.2 Å². The van der Waals surface area contributed by atoms with Crippen molar-refractivity contribution in [1.29, 1.82) is 0 Å². The molecule has 26 heavy (non-hydrogen) atoms. The second kappa shape index (κ2) is 7.40. The van der Waals surface area contributed by atoms with Crippen molar-refractivity contribution < 1.29 is 4.79 Å². The van der Waals surface area contributed by atoms with Crippen LogP contribution in [-0.4, -0.2) is 61.7 Å². The Kier molecular flexibility index (Phi) is 4.65. The van der Waals surface area contributed by atoms with Crippen molar-refractivity contribution in [3.8, 4) is 17.1 Å². The number of nitrogens with one attached hydrogen (secondary N) is 1. The van der Waals surface area contributed by atoms with Crippen LogP contribution in [-0.2, 0) is 0 Å². The molecule has 0 bridgehead atoms. The minimum Gasteiger partial charge on any atom is -0.337 e. The molecule has 3 aromatic rings. The Morgan fingerprint density at radius 2 is 1.85 bits per heavy atom. The van der Waals surface area contributed by atoms with Crippen LogP contribution >= 0.6 is 0 Å². The van der Waals surface area contributed by atoms with Gasteiger partial charge in [0.15, 0.2) is 5.82 Å². The van der Waals surface area contributed by atoms with Crippen molar-refractivity contribution in [1.82, 2.24) is 34.9 Å². The van der Waals surface area contributed by atoms with E-state index in [1.165, 1.54) is 0 Å². The lowest BCUT2D eigenvalue weighted by atomic mass is 10.2. The molecule has 1 amide bonds. The van der Waals surface area contributed by atoms with Gasteiger partial charge in [-0.25, -0.2) is 14.6 Å². The largest absolute Gasteiger partial charge is 0.337 e. The monoisotopic (exact) mass is 349 g/mol. The Balaban J connectivity index is 1.51. The third-order valence-corrected chi connectivity index (χ3v) is 4.29. The number of pyridine rings is 1. The summed E-state index contributed by atoms with van der Waals surface area (Å²) < 4.78 is 1.74. The molecule has 8 nitrogen and oxygen atoms in total. The normalized spacial score (nSPS) is 14.8. The first-order valence-electron chi connectivity index (χ1n) is 8.59. The number of rotatable bonds is 3. The molecular formula is C18H19N7O. The molecule has 0 atom stereocenters. The van der Waals surface area contributed by atoms with E-state index in [1.54, 1.807) is 35.7 Å².